The molecule has 0 saturated heterocycles. The van der Waals surface area contributed by atoms with Crippen LogP contribution in [0.5, 0.6) is 0 Å². The van der Waals surface area contributed by atoms with E-state index in [1.807, 2.05) is 7.85 Å². The fourth-order valence-electron chi connectivity index (χ4n) is 0.993. The number of nitrogens with zero attached hydrogens (tertiary/aromatic N) is 3. The third-order valence-electron chi connectivity index (χ3n) is 1.63. The van der Waals surface area contributed by atoms with Gasteiger partial charge in [-0.05, 0) is 17.8 Å². The van der Waals surface area contributed by atoms with Crippen LogP contribution >= 0.6 is 0 Å². The minimum atomic E-state index is -0.189. The molecule has 0 fully saturated rings. The Balaban J connectivity index is 2.39. The molecule has 2 N–H and O–H groups in total. The van der Waals surface area contributed by atoms with Crippen molar-refractivity contribution >= 4 is 19.2 Å². The van der Waals surface area contributed by atoms with E-state index in [0.29, 0.717) is 12.2 Å². The van der Waals surface area contributed by atoms with Crippen molar-refractivity contribution < 1.29 is 4.79 Å². The van der Waals surface area contributed by atoms with Crippen LogP contribution in [0.15, 0.2) is 17.4 Å². The molecule has 0 unspecified atom stereocenters. The summed E-state index contributed by atoms with van der Waals surface area (Å²) < 4.78 is 0. The van der Waals surface area contributed by atoms with Crippen molar-refractivity contribution in [1.29, 1.82) is 0 Å². The molecule has 0 aliphatic heterocycles. The van der Waals surface area contributed by atoms with Crippen molar-refractivity contribution in [3.8, 4) is 0 Å². The third-order valence-corrected chi connectivity index (χ3v) is 1.63. The van der Waals surface area contributed by atoms with E-state index in [1.54, 1.807) is 12.3 Å². The lowest BCUT2D eigenvalue weighted by atomic mass is 10.0. The summed E-state index contributed by atoms with van der Waals surface area (Å²) in [5.41, 5.74) is 9.51. The molecule has 1 aromatic heterocycles. The molecule has 0 radical (unpaired) electrons. The van der Waals surface area contributed by atoms with Gasteiger partial charge in [-0.2, -0.15) is 0 Å². The lowest BCUT2D eigenvalue weighted by Crippen LogP contribution is -2.26. The molecule has 7 heteroatoms. The van der Waals surface area contributed by atoms with Crippen LogP contribution in [-0.4, -0.2) is 31.8 Å². The lowest BCUT2D eigenvalue weighted by molar-refractivity contribution is 0.0950. The maximum atomic E-state index is 11.3. The quantitative estimate of drug-likeness (QED) is 0.213. The van der Waals surface area contributed by atoms with E-state index in [-0.39, 0.29) is 12.5 Å². The van der Waals surface area contributed by atoms with Gasteiger partial charge in [-0.15, -0.1) is 0 Å². The Morgan fingerprint density at radius 2 is 2.57 bits per heavy atom. The van der Waals surface area contributed by atoms with Gasteiger partial charge in [0.1, 0.15) is 13.5 Å². The van der Waals surface area contributed by atoms with Gasteiger partial charge in [0, 0.05) is 18.0 Å². The van der Waals surface area contributed by atoms with Gasteiger partial charge < -0.3 is 10.3 Å². The van der Waals surface area contributed by atoms with E-state index in [2.05, 4.69) is 20.3 Å². The summed E-state index contributed by atoms with van der Waals surface area (Å²) in [4.78, 5) is 16.7. The largest absolute Gasteiger partial charge is 0.358 e. The number of carbonyl (C=O) groups excluding carboxylic acids is 1. The predicted octanol–water partition coefficient (Wildman–Crippen LogP) is -0.687. The van der Waals surface area contributed by atoms with Gasteiger partial charge in [-0.25, -0.2) is 0 Å². The van der Waals surface area contributed by atoms with Crippen LogP contribution in [0.1, 0.15) is 10.5 Å². The number of H-pyrrole nitrogens is 1. The summed E-state index contributed by atoms with van der Waals surface area (Å²) in [7, 11) is 1.90. The standard InChI is InChI=1S/C7H10BN5O/c8-5-3-6(11-4-5)7(14)10-1-2-12-13-9/h3-4,11H,1-2,8H2,(H,10,14). The zero-order chi connectivity index (χ0) is 10.4. The number of aromatic amines is 1. The molecule has 14 heavy (non-hydrogen) atoms. The second kappa shape index (κ2) is 4.99. The zero-order valence-corrected chi connectivity index (χ0v) is 7.82. The summed E-state index contributed by atoms with van der Waals surface area (Å²) in [5, 5.41) is 5.91. The Kier molecular flexibility index (Phi) is 3.63. The number of hydrogen-bond acceptors (Lipinski definition) is 2. The summed E-state index contributed by atoms with van der Waals surface area (Å²) in [6, 6.07) is 1.75. The van der Waals surface area contributed by atoms with E-state index in [0.717, 1.165) is 5.46 Å². The highest BCUT2D eigenvalue weighted by Crippen LogP contribution is 1.90. The number of azide groups is 1. The van der Waals surface area contributed by atoms with Gasteiger partial charge >= 0.3 is 0 Å². The number of nitrogens with one attached hydrogen (secondary N) is 2. The summed E-state index contributed by atoms with van der Waals surface area (Å²) in [6.45, 7) is 0.614. The molecule has 0 aliphatic rings. The van der Waals surface area contributed by atoms with Gasteiger partial charge in [-0.1, -0.05) is 10.6 Å². The average molecular weight is 191 g/mol. The maximum Gasteiger partial charge on any atom is 0.267 e. The molecule has 1 amide bonds. The van der Waals surface area contributed by atoms with Crippen LogP contribution in [0.25, 0.3) is 10.4 Å². The van der Waals surface area contributed by atoms with Gasteiger partial charge in [0.05, 0.1) is 0 Å². The van der Waals surface area contributed by atoms with E-state index in [9.17, 15) is 4.79 Å². The summed E-state index contributed by atoms with van der Waals surface area (Å²) >= 11 is 0. The summed E-state index contributed by atoms with van der Waals surface area (Å²) in [5.74, 6) is -0.189. The lowest BCUT2D eigenvalue weighted by Gasteiger charge is -1.99. The molecule has 0 aromatic carbocycles. The molecule has 0 spiro atoms. The number of rotatable bonds is 4. The van der Waals surface area contributed by atoms with Gasteiger partial charge in [0.15, 0.2) is 0 Å². The molecule has 1 rings (SSSR count). The Hall–Kier alpha value is -1.88. The molecule has 0 bridgehead atoms. The molecule has 6 nitrogen and oxygen atoms in total. The number of hydrogen-bond donors (Lipinski definition) is 2. The minimum absolute atomic E-state index is 0.189. The normalized spacial score (nSPS) is 9.14. The number of carbonyl (C=O) groups is 1. The molecule has 1 heterocycles. The highest BCUT2D eigenvalue weighted by Gasteiger charge is 2.04. The zero-order valence-electron chi connectivity index (χ0n) is 7.82. The van der Waals surface area contributed by atoms with Crippen LogP contribution in [0.2, 0.25) is 0 Å². The van der Waals surface area contributed by atoms with Crippen molar-refractivity contribution in [2.75, 3.05) is 13.1 Å². The monoisotopic (exact) mass is 191 g/mol. The first-order valence-corrected chi connectivity index (χ1v) is 4.18. The predicted molar refractivity (Wildman–Crippen MR) is 55.3 cm³/mol. The fraction of sp³-hybridized carbons (Fsp3) is 0.286. The number of aromatic nitrogens is 1. The Labute approximate surface area is 81.7 Å². The fourth-order valence-corrected chi connectivity index (χ4v) is 0.993. The Morgan fingerprint density at radius 3 is 3.14 bits per heavy atom. The third kappa shape index (κ3) is 2.87. The molecule has 72 valence electrons. The van der Waals surface area contributed by atoms with Crippen molar-refractivity contribution in [3.05, 3.63) is 28.4 Å². The van der Waals surface area contributed by atoms with Crippen molar-refractivity contribution in [3.63, 3.8) is 0 Å². The molecule has 0 aliphatic carbocycles. The molecule has 0 saturated carbocycles. The highest BCUT2D eigenvalue weighted by molar-refractivity contribution is 6.32. The van der Waals surface area contributed by atoms with Crippen LogP contribution in [0.4, 0.5) is 0 Å². The van der Waals surface area contributed by atoms with Gasteiger partial charge in [-0.3, -0.25) is 4.79 Å². The molecular formula is C7H10BN5O. The minimum Gasteiger partial charge on any atom is -0.358 e. The van der Waals surface area contributed by atoms with Crippen LogP contribution in [0, 0.1) is 0 Å². The van der Waals surface area contributed by atoms with Crippen molar-refractivity contribution in [1.82, 2.24) is 10.3 Å². The Morgan fingerprint density at radius 1 is 1.79 bits per heavy atom. The van der Waals surface area contributed by atoms with Crippen LogP contribution < -0.4 is 10.8 Å². The first kappa shape index (κ1) is 10.2. The first-order valence-electron chi connectivity index (χ1n) is 4.18. The van der Waals surface area contributed by atoms with E-state index in [4.69, 9.17) is 5.53 Å². The summed E-state index contributed by atoms with van der Waals surface area (Å²) in [6.07, 6.45) is 1.75. The highest BCUT2D eigenvalue weighted by atomic mass is 16.1. The molecule has 0 atom stereocenters. The van der Waals surface area contributed by atoms with E-state index >= 15 is 0 Å². The van der Waals surface area contributed by atoms with Gasteiger partial charge in [0.2, 0.25) is 0 Å². The molecule has 1 aromatic rings. The Bertz CT molecular complexity index is 368. The van der Waals surface area contributed by atoms with Crippen molar-refractivity contribution in [2.24, 2.45) is 5.11 Å². The maximum absolute atomic E-state index is 11.3. The van der Waals surface area contributed by atoms with Gasteiger partial charge in [0.25, 0.3) is 5.91 Å². The van der Waals surface area contributed by atoms with E-state index < -0.39 is 0 Å². The second-order valence-corrected chi connectivity index (χ2v) is 2.80. The second-order valence-electron chi connectivity index (χ2n) is 2.80. The number of amides is 1. The van der Waals surface area contributed by atoms with Crippen LogP contribution in [0.3, 0.4) is 0 Å². The smallest absolute Gasteiger partial charge is 0.267 e. The van der Waals surface area contributed by atoms with E-state index in [1.165, 1.54) is 0 Å². The first-order chi connectivity index (χ1) is 6.74. The SMILES string of the molecule is Bc1c[nH]c(C(=O)NCCN=[N+]=[N-])c1. The molecular weight excluding hydrogens is 181 g/mol. The topological polar surface area (TPSA) is 93.6 Å². The van der Waals surface area contributed by atoms with Crippen LogP contribution in [-0.2, 0) is 0 Å². The van der Waals surface area contributed by atoms with Crippen molar-refractivity contribution in [2.45, 2.75) is 0 Å². The average Bonchev–Trinajstić information content (AvgIpc) is 2.59.